The Hall–Kier alpha value is -1.55. The first-order valence-corrected chi connectivity index (χ1v) is 7.11. The number of amides is 1. The van der Waals surface area contributed by atoms with Gasteiger partial charge in [0.15, 0.2) is 0 Å². The number of hydrogen-bond acceptors (Lipinski definition) is 3. The molecular weight excluding hydrogens is 254 g/mol. The highest BCUT2D eigenvalue weighted by Crippen LogP contribution is 2.19. The summed E-state index contributed by atoms with van der Waals surface area (Å²) in [6, 6.07) is 7.38. The molecule has 0 aliphatic rings. The third-order valence-electron chi connectivity index (χ3n) is 3.08. The van der Waals surface area contributed by atoms with Gasteiger partial charge < -0.3 is 14.8 Å². The van der Waals surface area contributed by atoms with Gasteiger partial charge in [0, 0.05) is 12.3 Å². The standard InChI is InChI=1S/C16H25NO3/c1-6-12(3)20-14-10-8-13(9-11-14)17-15(18)16(4,5)19-7-2/h8-12H,6-7H2,1-5H3,(H,17,18)/t12-/m1/s1. The summed E-state index contributed by atoms with van der Waals surface area (Å²) in [4.78, 5) is 12.1. The molecule has 4 heteroatoms. The number of nitrogens with one attached hydrogen (secondary N) is 1. The van der Waals surface area contributed by atoms with Crippen LogP contribution in [0.15, 0.2) is 24.3 Å². The fraction of sp³-hybridized carbons (Fsp3) is 0.562. The van der Waals surface area contributed by atoms with E-state index >= 15 is 0 Å². The van der Waals surface area contributed by atoms with Crippen molar-refractivity contribution in [3.63, 3.8) is 0 Å². The molecule has 0 radical (unpaired) electrons. The van der Waals surface area contributed by atoms with Crippen molar-refractivity contribution >= 4 is 11.6 Å². The van der Waals surface area contributed by atoms with Crippen LogP contribution in [0.1, 0.15) is 41.0 Å². The maximum Gasteiger partial charge on any atom is 0.256 e. The Kier molecular flexibility index (Phi) is 6.02. The van der Waals surface area contributed by atoms with Gasteiger partial charge in [0.25, 0.3) is 5.91 Å². The lowest BCUT2D eigenvalue weighted by Gasteiger charge is -2.23. The van der Waals surface area contributed by atoms with Crippen LogP contribution in [0.25, 0.3) is 0 Å². The Balaban J connectivity index is 2.63. The third-order valence-corrected chi connectivity index (χ3v) is 3.08. The van der Waals surface area contributed by atoms with E-state index in [9.17, 15) is 4.79 Å². The minimum Gasteiger partial charge on any atom is -0.491 e. The highest BCUT2D eigenvalue weighted by atomic mass is 16.5. The molecule has 1 aromatic rings. The molecule has 0 unspecified atom stereocenters. The second-order valence-corrected chi connectivity index (χ2v) is 5.26. The zero-order valence-electron chi connectivity index (χ0n) is 13.0. The molecule has 0 saturated carbocycles. The van der Waals surface area contributed by atoms with Crippen molar-refractivity contribution in [1.82, 2.24) is 0 Å². The van der Waals surface area contributed by atoms with Crippen molar-refractivity contribution in [2.45, 2.75) is 52.7 Å². The minimum atomic E-state index is -0.833. The van der Waals surface area contributed by atoms with Gasteiger partial charge >= 0.3 is 0 Å². The molecule has 1 amide bonds. The minimum absolute atomic E-state index is 0.157. The number of ether oxygens (including phenoxy) is 2. The fourth-order valence-electron chi connectivity index (χ4n) is 1.64. The monoisotopic (exact) mass is 279 g/mol. The van der Waals surface area contributed by atoms with Crippen molar-refractivity contribution in [3.8, 4) is 5.75 Å². The highest BCUT2D eigenvalue weighted by Gasteiger charge is 2.27. The molecule has 112 valence electrons. The summed E-state index contributed by atoms with van der Waals surface area (Å²) in [7, 11) is 0. The Morgan fingerprint density at radius 3 is 2.35 bits per heavy atom. The van der Waals surface area contributed by atoms with Crippen LogP contribution in [0.4, 0.5) is 5.69 Å². The predicted molar refractivity (Wildman–Crippen MR) is 81.2 cm³/mol. The molecule has 0 aliphatic carbocycles. The van der Waals surface area contributed by atoms with Crippen LogP contribution in [0.3, 0.4) is 0 Å². The summed E-state index contributed by atoms with van der Waals surface area (Å²) in [6.07, 6.45) is 1.15. The lowest BCUT2D eigenvalue weighted by molar-refractivity contribution is -0.136. The quantitative estimate of drug-likeness (QED) is 0.829. The van der Waals surface area contributed by atoms with Gasteiger partial charge in [-0.25, -0.2) is 0 Å². The maximum atomic E-state index is 12.1. The van der Waals surface area contributed by atoms with Crippen molar-refractivity contribution in [1.29, 1.82) is 0 Å². The van der Waals surface area contributed by atoms with Gasteiger partial charge in [0.1, 0.15) is 11.4 Å². The molecule has 0 aromatic heterocycles. The Labute approximate surface area is 121 Å². The highest BCUT2D eigenvalue weighted by molar-refractivity contribution is 5.96. The Morgan fingerprint density at radius 1 is 1.25 bits per heavy atom. The van der Waals surface area contributed by atoms with Gasteiger partial charge in [-0.1, -0.05) is 6.92 Å². The van der Waals surface area contributed by atoms with Gasteiger partial charge in [-0.05, 0) is 58.4 Å². The molecule has 0 aliphatic heterocycles. The average molecular weight is 279 g/mol. The summed E-state index contributed by atoms with van der Waals surface area (Å²) in [6.45, 7) is 9.99. The zero-order valence-corrected chi connectivity index (χ0v) is 13.0. The van der Waals surface area contributed by atoms with E-state index in [-0.39, 0.29) is 12.0 Å². The average Bonchev–Trinajstić information content (AvgIpc) is 2.40. The molecule has 0 spiro atoms. The van der Waals surface area contributed by atoms with Crippen LogP contribution in [-0.4, -0.2) is 24.2 Å². The van der Waals surface area contributed by atoms with Crippen LogP contribution in [-0.2, 0) is 9.53 Å². The van der Waals surface area contributed by atoms with E-state index in [1.165, 1.54) is 0 Å². The molecule has 1 atom stereocenters. The van der Waals surface area contributed by atoms with Gasteiger partial charge in [0.05, 0.1) is 6.10 Å². The second kappa shape index (κ2) is 7.29. The van der Waals surface area contributed by atoms with E-state index in [1.54, 1.807) is 13.8 Å². The molecule has 0 heterocycles. The Morgan fingerprint density at radius 2 is 1.85 bits per heavy atom. The lowest BCUT2D eigenvalue weighted by Crippen LogP contribution is -2.39. The largest absolute Gasteiger partial charge is 0.491 e. The SMILES string of the molecule is CCOC(C)(C)C(=O)Nc1ccc(O[C@H](C)CC)cc1. The maximum absolute atomic E-state index is 12.1. The number of carbonyl (C=O) groups excluding carboxylic acids is 1. The normalized spacial score (nSPS) is 12.8. The van der Waals surface area contributed by atoms with Gasteiger partial charge in [-0.15, -0.1) is 0 Å². The van der Waals surface area contributed by atoms with E-state index in [4.69, 9.17) is 9.47 Å². The topological polar surface area (TPSA) is 47.6 Å². The number of hydrogen-bond donors (Lipinski definition) is 1. The third kappa shape index (κ3) is 4.85. The van der Waals surface area contributed by atoms with E-state index in [2.05, 4.69) is 12.2 Å². The van der Waals surface area contributed by atoms with E-state index < -0.39 is 5.60 Å². The van der Waals surface area contributed by atoms with Crippen LogP contribution < -0.4 is 10.1 Å². The van der Waals surface area contributed by atoms with Crippen molar-refractivity contribution < 1.29 is 14.3 Å². The number of anilines is 1. The van der Waals surface area contributed by atoms with Gasteiger partial charge in [-0.3, -0.25) is 4.79 Å². The van der Waals surface area contributed by atoms with Crippen molar-refractivity contribution in [3.05, 3.63) is 24.3 Å². The number of benzene rings is 1. The molecule has 20 heavy (non-hydrogen) atoms. The number of carbonyl (C=O) groups is 1. The molecule has 1 aromatic carbocycles. The lowest BCUT2D eigenvalue weighted by atomic mass is 10.1. The first kappa shape index (κ1) is 16.5. The van der Waals surface area contributed by atoms with Crippen LogP contribution in [0.2, 0.25) is 0 Å². The zero-order chi connectivity index (χ0) is 15.2. The smallest absolute Gasteiger partial charge is 0.256 e. The fourth-order valence-corrected chi connectivity index (χ4v) is 1.64. The summed E-state index contributed by atoms with van der Waals surface area (Å²) in [5, 5.41) is 2.84. The second-order valence-electron chi connectivity index (χ2n) is 5.26. The van der Waals surface area contributed by atoms with Gasteiger partial charge in [-0.2, -0.15) is 0 Å². The summed E-state index contributed by atoms with van der Waals surface area (Å²) < 4.78 is 11.1. The molecular formula is C16H25NO3. The molecule has 4 nitrogen and oxygen atoms in total. The summed E-state index contributed by atoms with van der Waals surface area (Å²) >= 11 is 0. The molecule has 0 fully saturated rings. The van der Waals surface area contributed by atoms with Crippen LogP contribution in [0.5, 0.6) is 5.75 Å². The molecule has 0 saturated heterocycles. The summed E-state index contributed by atoms with van der Waals surface area (Å²) in [5.41, 5.74) is -0.0972. The van der Waals surface area contributed by atoms with Crippen LogP contribution in [0, 0.1) is 0 Å². The van der Waals surface area contributed by atoms with Crippen LogP contribution >= 0.6 is 0 Å². The Bertz CT molecular complexity index is 426. The van der Waals surface area contributed by atoms with E-state index in [0.29, 0.717) is 6.61 Å². The predicted octanol–water partition coefficient (Wildman–Crippen LogP) is 3.62. The number of rotatable bonds is 7. The molecule has 1 N–H and O–H groups in total. The first-order chi connectivity index (χ1) is 9.39. The first-order valence-electron chi connectivity index (χ1n) is 7.11. The molecule has 0 bridgehead atoms. The van der Waals surface area contributed by atoms with Crippen molar-refractivity contribution in [2.75, 3.05) is 11.9 Å². The van der Waals surface area contributed by atoms with Gasteiger partial charge in [0.2, 0.25) is 0 Å². The molecule has 1 rings (SSSR count). The van der Waals surface area contributed by atoms with E-state index in [0.717, 1.165) is 17.9 Å². The van der Waals surface area contributed by atoms with E-state index in [1.807, 2.05) is 38.1 Å². The summed E-state index contributed by atoms with van der Waals surface area (Å²) in [5.74, 6) is 0.649. The van der Waals surface area contributed by atoms with Crippen molar-refractivity contribution in [2.24, 2.45) is 0 Å².